The van der Waals surface area contributed by atoms with Crippen molar-refractivity contribution in [2.45, 2.75) is 31.6 Å². The summed E-state index contributed by atoms with van der Waals surface area (Å²) in [5, 5.41) is 3.29. The van der Waals surface area contributed by atoms with Crippen molar-refractivity contribution in [3.05, 3.63) is 84.2 Å². The molecule has 3 aromatic rings. The normalized spacial score (nSPS) is 11.8. The maximum absolute atomic E-state index is 12.6. The first-order chi connectivity index (χ1) is 14.4. The maximum Gasteiger partial charge on any atom is 0.178 e. The molecular weight excluding hydrogens is 392 g/mol. The van der Waals surface area contributed by atoms with E-state index in [-0.39, 0.29) is 5.75 Å². The van der Waals surface area contributed by atoms with Crippen molar-refractivity contribution < 1.29 is 8.42 Å². The molecule has 0 saturated heterocycles. The highest BCUT2D eigenvalue weighted by Gasteiger charge is 2.15. The number of anilines is 2. The van der Waals surface area contributed by atoms with Gasteiger partial charge in [-0.1, -0.05) is 50.3 Å². The second-order valence-corrected chi connectivity index (χ2v) is 9.86. The quantitative estimate of drug-likeness (QED) is 0.447. The molecule has 1 heterocycles. The molecular formula is C25H28N2O2S. The van der Waals surface area contributed by atoms with Gasteiger partial charge in [0.2, 0.25) is 0 Å². The van der Waals surface area contributed by atoms with Crippen LogP contribution in [0.3, 0.4) is 0 Å². The molecule has 0 fully saturated rings. The zero-order valence-corrected chi connectivity index (χ0v) is 18.3. The van der Waals surface area contributed by atoms with Gasteiger partial charge in [0.25, 0.3) is 0 Å². The molecule has 0 unspecified atom stereocenters. The summed E-state index contributed by atoms with van der Waals surface area (Å²) in [7, 11) is -3.27. The highest BCUT2D eigenvalue weighted by atomic mass is 32.2. The zero-order valence-electron chi connectivity index (χ0n) is 17.5. The van der Waals surface area contributed by atoms with E-state index < -0.39 is 9.84 Å². The lowest BCUT2D eigenvalue weighted by Gasteiger charge is -2.10. The molecule has 30 heavy (non-hydrogen) atoms. The Balaban J connectivity index is 1.65. The smallest absolute Gasteiger partial charge is 0.178 e. The number of aromatic nitrogens is 1. The number of nitrogens with zero attached hydrogens (tertiary/aromatic N) is 1. The third-order valence-electron chi connectivity index (χ3n) is 4.74. The fourth-order valence-electron chi connectivity index (χ4n) is 3.08. The fourth-order valence-corrected chi connectivity index (χ4v) is 4.45. The largest absolute Gasteiger partial charge is 0.355 e. The molecule has 3 rings (SSSR count). The Labute approximate surface area is 179 Å². The second-order valence-electron chi connectivity index (χ2n) is 7.75. The predicted octanol–water partition coefficient (Wildman–Crippen LogP) is 6.21. The Hall–Kier alpha value is -2.92. The second kappa shape index (κ2) is 10.2. The highest BCUT2D eigenvalue weighted by Crippen LogP contribution is 2.22. The van der Waals surface area contributed by atoms with Crippen LogP contribution in [0.2, 0.25) is 0 Å². The molecule has 0 atom stereocenters. The van der Waals surface area contributed by atoms with Crippen LogP contribution in [0, 0.1) is 5.92 Å². The Morgan fingerprint density at radius 2 is 1.70 bits per heavy atom. The van der Waals surface area contributed by atoms with Crippen molar-refractivity contribution in [2.24, 2.45) is 5.92 Å². The molecule has 2 aromatic carbocycles. The molecule has 0 aliphatic heterocycles. The van der Waals surface area contributed by atoms with E-state index in [9.17, 15) is 8.42 Å². The minimum atomic E-state index is -3.27. The van der Waals surface area contributed by atoms with Crippen LogP contribution in [0.25, 0.3) is 12.2 Å². The predicted molar refractivity (Wildman–Crippen MR) is 125 cm³/mol. The first kappa shape index (κ1) is 21.8. The molecule has 4 nitrogen and oxygen atoms in total. The number of pyridine rings is 1. The Bertz CT molecular complexity index is 1070. The lowest BCUT2D eigenvalue weighted by atomic mass is 10.1. The van der Waals surface area contributed by atoms with Crippen molar-refractivity contribution in [3.8, 4) is 0 Å². The van der Waals surface area contributed by atoms with Crippen molar-refractivity contribution in [1.29, 1.82) is 0 Å². The number of sulfone groups is 1. The average molecular weight is 421 g/mol. The number of rotatable bonds is 9. The molecule has 0 aliphatic carbocycles. The lowest BCUT2D eigenvalue weighted by Crippen LogP contribution is -2.08. The van der Waals surface area contributed by atoms with Gasteiger partial charge in [-0.3, -0.25) is 4.98 Å². The summed E-state index contributed by atoms with van der Waals surface area (Å²) in [6.45, 7) is 4.22. The number of hydrogen-bond acceptors (Lipinski definition) is 4. The summed E-state index contributed by atoms with van der Waals surface area (Å²) < 4.78 is 25.2. The van der Waals surface area contributed by atoms with Gasteiger partial charge in [-0.2, -0.15) is 0 Å². The fraction of sp³-hybridized carbons (Fsp3) is 0.240. The third kappa shape index (κ3) is 6.56. The molecule has 156 valence electrons. The van der Waals surface area contributed by atoms with Gasteiger partial charge in [0.15, 0.2) is 9.84 Å². The van der Waals surface area contributed by atoms with E-state index in [1.54, 1.807) is 24.4 Å². The van der Waals surface area contributed by atoms with Gasteiger partial charge in [-0.15, -0.1) is 0 Å². The van der Waals surface area contributed by atoms with E-state index >= 15 is 0 Å². The molecule has 0 spiro atoms. The molecule has 0 aliphatic rings. The maximum atomic E-state index is 12.6. The monoisotopic (exact) mass is 420 g/mol. The number of nitrogens with one attached hydrogen (secondary N) is 1. The standard InChI is InChI=1S/C25H28N2O2S/c1-20(2)6-5-17-30(28,29)25-9-3-8-24(18-25)27-23-14-12-21(13-15-23)10-11-22-7-4-16-26-19-22/h3-4,7-16,18-20,27H,5-6,17H2,1-2H3/b11-10+. The molecule has 1 aromatic heterocycles. The van der Waals surface area contributed by atoms with Crippen LogP contribution >= 0.6 is 0 Å². The Kier molecular flexibility index (Phi) is 7.41. The molecule has 0 bridgehead atoms. The first-order valence-electron chi connectivity index (χ1n) is 10.2. The molecule has 1 N–H and O–H groups in total. The van der Waals surface area contributed by atoms with Crippen LogP contribution < -0.4 is 5.32 Å². The summed E-state index contributed by atoms with van der Waals surface area (Å²) >= 11 is 0. The molecule has 0 amide bonds. The van der Waals surface area contributed by atoms with Gasteiger partial charge in [0.1, 0.15) is 0 Å². The average Bonchev–Trinajstić information content (AvgIpc) is 2.74. The molecule has 0 radical (unpaired) electrons. The topological polar surface area (TPSA) is 59.1 Å². The summed E-state index contributed by atoms with van der Waals surface area (Å²) in [5.41, 5.74) is 3.79. The van der Waals surface area contributed by atoms with Crippen molar-refractivity contribution >= 4 is 33.4 Å². The minimum Gasteiger partial charge on any atom is -0.355 e. The first-order valence-corrected chi connectivity index (χ1v) is 11.9. The van der Waals surface area contributed by atoms with Crippen molar-refractivity contribution in [2.75, 3.05) is 11.1 Å². The van der Waals surface area contributed by atoms with E-state index in [1.165, 1.54) is 0 Å². The van der Waals surface area contributed by atoms with Gasteiger partial charge in [0, 0.05) is 23.8 Å². The third-order valence-corrected chi connectivity index (χ3v) is 6.54. The van der Waals surface area contributed by atoms with Crippen molar-refractivity contribution in [1.82, 2.24) is 4.98 Å². The summed E-state index contributed by atoms with van der Waals surface area (Å²) in [4.78, 5) is 4.47. The zero-order chi connectivity index (χ0) is 21.4. The van der Waals surface area contributed by atoms with Gasteiger partial charge in [-0.25, -0.2) is 8.42 Å². The lowest BCUT2D eigenvalue weighted by molar-refractivity contribution is 0.560. The van der Waals surface area contributed by atoms with Crippen LogP contribution in [0.15, 0.2) is 78.0 Å². The van der Waals surface area contributed by atoms with E-state index in [1.807, 2.05) is 60.8 Å². The van der Waals surface area contributed by atoms with Gasteiger partial charge >= 0.3 is 0 Å². The summed E-state index contributed by atoms with van der Waals surface area (Å²) in [6, 6.07) is 18.9. The van der Waals surface area contributed by atoms with Crippen molar-refractivity contribution in [3.63, 3.8) is 0 Å². The van der Waals surface area contributed by atoms with Crippen LogP contribution in [-0.2, 0) is 9.84 Å². The van der Waals surface area contributed by atoms with E-state index in [0.29, 0.717) is 17.2 Å². The van der Waals surface area contributed by atoms with E-state index in [2.05, 4.69) is 24.1 Å². The Morgan fingerprint density at radius 3 is 2.40 bits per heavy atom. The summed E-state index contributed by atoms with van der Waals surface area (Å²) in [5.74, 6) is 0.697. The van der Waals surface area contributed by atoms with Crippen LogP contribution in [-0.4, -0.2) is 19.2 Å². The van der Waals surface area contributed by atoms with E-state index in [4.69, 9.17) is 0 Å². The highest BCUT2D eigenvalue weighted by molar-refractivity contribution is 7.91. The minimum absolute atomic E-state index is 0.187. The number of benzene rings is 2. The summed E-state index contributed by atoms with van der Waals surface area (Å²) in [6.07, 6.45) is 9.22. The van der Waals surface area contributed by atoms with Gasteiger partial charge in [-0.05, 0) is 66.3 Å². The SMILES string of the molecule is CC(C)CCCS(=O)(=O)c1cccc(Nc2ccc(/C=C/c3cccnc3)cc2)c1. The van der Waals surface area contributed by atoms with Crippen LogP contribution in [0.1, 0.15) is 37.8 Å². The number of hydrogen-bond donors (Lipinski definition) is 1. The molecule has 0 saturated carbocycles. The van der Waals surface area contributed by atoms with Gasteiger partial charge in [0.05, 0.1) is 10.6 Å². The van der Waals surface area contributed by atoms with E-state index in [0.717, 1.165) is 28.9 Å². The van der Waals surface area contributed by atoms with Gasteiger partial charge < -0.3 is 5.32 Å². The van der Waals surface area contributed by atoms with Crippen LogP contribution in [0.4, 0.5) is 11.4 Å². The van der Waals surface area contributed by atoms with Crippen LogP contribution in [0.5, 0.6) is 0 Å². The Morgan fingerprint density at radius 1 is 0.933 bits per heavy atom. The molecule has 5 heteroatoms.